The van der Waals surface area contributed by atoms with Crippen molar-refractivity contribution in [1.82, 2.24) is 9.62 Å². The van der Waals surface area contributed by atoms with Gasteiger partial charge in [-0.25, -0.2) is 8.42 Å². The van der Waals surface area contributed by atoms with Crippen LogP contribution >= 0.6 is 11.8 Å². The fourth-order valence-electron chi connectivity index (χ4n) is 3.14. The standard InChI is InChI=1S/C21H26N2O4S2/c1-17-5-4-6-18(13-17)15-28-16-21(24)22-14-19-7-2-3-8-20(19)29(25,26)23-9-11-27-12-10-23/h2-8,13H,9-12,14-16H2,1H3,(H,22,24). The van der Waals surface area contributed by atoms with E-state index in [0.29, 0.717) is 37.6 Å². The molecule has 0 aliphatic carbocycles. The number of amides is 1. The summed E-state index contributed by atoms with van der Waals surface area (Å²) in [7, 11) is -3.60. The van der Waals surface area contributed by atoms with Crippen molar-refractivity contribution >= 4 is 27.7 Å². The van der Waals surface area contributed by atoms with Crippen molar-refractivity contribution in [2.24, 2.45) is 0 Å². The number of morpholine rings is 1. The van der Waals surface area contributed by atoms with Gasteiger partial charge in [0, 0.05) is 25.4 Å². The van der Waals surface area contributed by atoms with Crippen molar-refractivity contribution in [3.63, 3.8) is 0 Å². The van der Waals surface area contributed by atoms with Gasteiger partial charge in [0.1, 0.15) is 0 Å². The number of hydrogen-bond donors (Lipinski definition) is 1. The topological polar surface area (TPSA) is 75.7 Å². The number of ether oxygens (including phenoxy) is 1. The Morgan fingerprint density at radius 2 is 1.90 bits per heavy atom. The minimum atomic E-state index is -3.60. The van der Waals surface area contributed by atoms with E-state index in [0.717, 1.165) is 5.75 Å². The molecule has 2 aromatic carbocycles. The van der Waals surface area contributed by atoms with Crippen LogP contribution in [0.4, 0.5) is 0 Å². The van der Waals surface area contributed by atoms with Gasteiger partial charge in [0.25, 0.3) is 0 Å². The molecule has 1 aliphatic heterocycles. The summed E-state index contributed by atoms with van der Waals surface area (Å²) in [6.07, 6.45) is 0. The third-order valence-electron chi connectivity index (χ3n) is 4.62. The van der Waals surface area contributed by atoms with Gasteiger partial charge in [-0.3, -0.25) is 4.79 Å². The highest BCUT2D eigenvalue weighted by Crippen LogP contribution is 2.21. The summed E-state index contributed by atoms with van der Waals surface area (Å²) in [6.45, 7) is 3.72. The predicted molar refractivity (Wildman–Crippen MR) is 115 cm³/mol. The maximum absolute atomic E-state index is 13.0. The van der Waals surface area contributed by atoms with Crippen LogP contribution in [0.3, 0.4) is 0 Å². The number of carbonyl (C=O) groups is 1. The zero-order valence-corrected chi connectivity index (χ0v) is 18.1. The number of benzene rings is 2. The van der Waals surface area contributed by atoms with Gasteiger partial charge in [0.2, 0.25) is 15.9 Å². The van der Waals surface area contributed by atoms with E-state index in [9.17, 15) is 13.2 Å². The van der Waals surface area contributed by atoms with Crippen molar-refractivity contribution in [2.45, 2.75) is 24.1 Å². The molecule has 1 fully saturated rings. The first-order chi connectivity index (χ1) is 14.0. The fraction of sp³-hybridized carbons (Fsp3) is 0.381. The number of rotatable bonds is 8. The van der Waals surface area contributed by atoms with E-state index in [1.165, 1.54) is 27.2 Å². The number of nitrogens with zero attached hydrogens (tertiary/aromatic N) is 1. The molecule has 0 saturated carbocycles. The Kier molecular flexibility index (Phi) is 7.71. The predicted octanol–water partition coefficient (Wildman–Crippen LogP) is 2.57. The van der Waals surface area contributed by atoms with Gasteiger partial charge in [-0.15, -0.1) is 11.8 Å². The number of carbonyl (C=O) groups excluding carboxylic acids is 1. The normalized spacial score (nSPS) is 15.2. The molecule has 0 spiro atoms. The molecule has 1 N–H and O–H groups in total. The van der Waals surface area contributed by atoms with Crippen molar-refractivity contribution in [3.05, 3.63) is 65.2 Å². The highest BCUT2D eigenvalue weighted by molar-refractivity contribution is 7.99. The number of nitrogens with one attached hydrogen (secondary N) is 1. The van der Waals surface area contributed by atoms with Gasteiger partial charge in [0.15, 0.2) is 0 Å². The molecule has 0 radical (unpaired) electrons. The van der Waals surface area contributed by atoms with E-state index in [-0.39, 0.29) is 17.3 Å². The van der Waals surface area contributed by atoms with Gasteiger partial charge in [-0.2, -0.15) is 4.31 Å². The van der Waals surface area contributed by atoms with E-state index in [4.69, 9.17) is 4.74 Å². The van der Waals surface area contributed by atoms with Crippen molar-refractivity contribution in [3.8, 4) is 0 Å². The van der Waals surface area contributed by atoms with Crippen LogP contribution in [0.1, 0.15) is 16.7 Å². The van der Waals surface area contributed by atoms with E-state index < -0.39 is 10.0 Å². The van der Waals surface area contributed by atoms with E-state index in [1.807, 2.05) is 25.1 Å². The van der Waals surface area contributed by atoms with Crippen LogP contribution in [0.2, 0.25) is 0 Å². The summed E-state index contributed by atoms with van der Waals surface area (Å²) in [5.41, 5.74) is 2.98. The number of hydrogen-bond acceptors (Lipinski definition) is 5. The van der Waals surface area contributed by atoms with Crippen LogP contribution in [0, 0.1) is 6.92 Å². The molecule has 1 saturated heterocycles. The minimum absolute atomic E-state index is 0.110. The lowest BCUT2D eigenvalue weighted by Gasteiger charge is -2.27. The molecule has 8 heteroatoms. The van der Waals surface area contributed by atoms with Gasteiger partial charge in [-0.1, -0.05) is 48.0 Å². The maximum Gasteiger partial charge on any atom is 0.243 e. The average molecular weight is 435 g/mol. The van der Waals surface area contributed by atoms with Crippen LogP contribution in [0.25, 0.3) is 0 Å². The summed E-state index contributed by atoms with van der Waals surface area (Å²) in [4.78, 5) is 12.5. The molecular weight excluding hydrogens is 408 g/mol. The first kappa shape index (κ1) is 21.8. The molecule has 0 aromatic heterocycles. The zero-order valence-electron chi connectivity index (χ0n) is 16.5. The maximum atomic E-state index is 13.0. The summed E-state index contributed by atoms with van der Waals surface area (Å²) in [5.74, 6) is 0.977. The molecule has 1 aliphatic rings. The lowest BCUT2D eigenvalue weighted by molar-refractivity contribution is -0.118. The van der Waals surface area contributed by atoms with Gasteiger partial charge < -0.3 is 10.1 Å². The quantitative estimate of drug-likeness (QED) is 0.691. The molecule has 1 heterocycles. The number of aryl methyl sites for hydroxylation is 1. The first-order valence-electron chi connectivity index (χ1n) is 9.52. The van der Waals surface area contributed by atoms with Crippen LogP contribution < -0.4 is 5.32 Å². The zero-order chi connectivity index (χ0) is 20.7. The Morgan fingerprint density at radius 3 is 2.66 bits per heavy atom. The summed E-state index contributed by atoms with van der Waals surface area (Å²) >= 11 is 1.54. The van der Waals surface area contributed by atoms with Crippen LogP contribution in [-0.2, 0) is 31.9 Å². The molecule has 156 valence electrons. The van der Waals surface area contributed by atoms with Crippen LogP contribution in [0.5, 0.6) is 0 Å². The number of thioether (sulfide) groups is 1. The minimum Gasteiger partial charge on any atom is -0.379 e. The SMILES string of the molecule is Cc1cccc(CSCC(=O)NCc2ccccc2S(=O)(=O)N2CCOCC2)c1. The molecule has 6 nitrogen and oxygen atoms in total. The molecule has 2 aromatic rings. The summed E-state index contributed by atoms with van der Waals surface area (Å²) < 4.78 is 32.6. The first-order valence-corrected chi connectivity index (χ1v) is 12.1. The lowest BCUT2D eigenvalue weighted by atomic mass is 10.2. The Bertz CT molecular complexity index is 941. The lowest BCUT2D eigenvalue weighted by Crippen LogP contribution is -2.41. The van der Waals surface area contributed by atoms with Gasteiger partial charge >= 0.3 is 0 Å². The van der Waals surface area contributed by atoms with Crippen molar-refractivity contribution in [1.29, 1.82) is 0 Å². The average Bonchev–Trinajstić information content (AvgIpc) is 2.73. The molecule has 0 unspecified atom stereocenters. The Morgan fingerprint density at radius 1 is 1.14 bits per heavy atom. The van der Waals surface area contributed by atoms with Gasteiger partial charge in [0.05, 0.1) is 23.9 Å². The molecule has 1 amide bonds. The smallest absolute Gasteiger partial charge is 0.243 e. The second-order valence-corrected chi connectivity index (χ2v) is 9.77. The van der Waals surface area contributed by atoms with E-state index in [1.54, 1.807) is 24.3 Å². The monoisotopic (exact) mass is 434 g/mol. The molecule has 3 rings (SSSR count). The second-order valence-electron chi connectivity index (χ2n) is 6.88. The van der Waals surface area contributed by atoms with Crippen LogP contribution in [0.15, 0.2) is 53.4 Å². The van der Waals surface area contributed by atoms with Crippen LogP contribution in [-0.4, -0.2) is 50.7 Å². The highest BCUT2D eigenvalue weighted by atomic mass is 32.2. The molecular formula is C21H26N2O4S2. The second kappa shape index (κ2) is 10.2. The Balaban J connectivity index is 1.56. The van der Waals surface area contributed by atoms with E-state index >= 15 is 0 Å². The van der Waals surface area contributed by atoms with Crippen molar-refractivity contribution in [2.75, 3.05) is 32.1 Å². The molecule has 0 bridgehead atoms. The summed E-state index contributed by atoms with van der Waals surface area (Å²) in [5, 5.41) is 2.84. The fourth-order valence-corrected chi connectivity index (χ4v) is 5.57. The molecule has 0 atom stereocenters. The Hall–Kier alpha value is -1.87. The van der Waals surface area contributed by atoms with Gasteiger partial charge in [-0.05, 0) is 24.1 Å². The third-order valence-corrected chi connectivity index (χ3v) is 7.62. The largest absolute Gasteiger partial charge is 0.379 e. The van der Waals surface area contributed by atoms with Crippen molar-refractivity contribution < 1.29 is 17.9 Å². The highest BCUT2D eigenvalue weighted by Gasteiger charge is 2.28. The number of sulfonamides is 1. The Labute approximate surface area is 176 Å². The van der Waals surface area contributed by atoms with E-state index in [2.05, 4.69) is 11.4 Å². The molecule has 29 heavy (non-hydrogen) atoms. The summed E-state index contributed by atoms with van der Waals surface area (Å²) in [6, 6.07) is 15.0. The third kappa shape index (κ3) is 6.05.